The smallest absolute Gasteiger partial charge is 0.0969 e. The first kappa shape index (κ1) is 17.1. The van der Waals surface area contributed by atoms with E-state index in [0.29, 0.717) is 5.54 Å². The monoisotopic (exact) mass is 327 g/mol. The van der Waals surface area contributed by atoms with Gasteiger partial charge in [0.2, 0.25) is 0 Å². The van der Waals surface area contributed by atoms with E-state index in [-0.39, 0.29) is 0 Å². The molecule has 0 bridgehead atoms. The molecule has 0 spiro atoms. The largest absolute Gasteiger partial charge is 0.311 e. The first-order valence-electron chi connectivity index (χ1n) is 8.92. The average molecular weight is 327 g/mol. The predicted molar refractivity (Wildman–Crippen MR) is 97.6 cm³/mol. The van der Waals surface area contributed by atoms with Gasteiger partial charge in [0.1, 0.15) is 0 Å². The molecule has 1 aliphatic carbocycles. The molecule has 0 saturated heterocycles. The van der Waals surface area contributed by atoms with Crippen LogP contribution in [0.15, 0.2) is 30.7 Å². The van der Waals surface area contributed by atoms with Gasteiger partial charge in [-0.1, -0.05) is 19.3 Å². The molecule has 0 radical (unpaired) electrons. The summed E-state index contributed by atoms with van der Waals surface area (Å²) in [5.74, 6) is 0. The quantitative estimate of drug-likeness (QED) is 0.886. The molecule has 0 aromatic carbocycles. The van der Waals surface area contributed by atoms with E-state index in [4.69, 9.17) is 0 Å². The number of pyridine rings is 1. The van der Waals surface area contributed by atoms with Crippen LogP contribution >= 0.6 is 0 Å². The van der Waals surface area contributed by atoms with E-state index < -0.39 is 0 Å². The van der Waals surface area contributed by atoms with E-state index in [1.165, 1.54) is 37.7 Å². The molecule has 2 aromatic rings. The summed E-state index contributed by atoms with van der Waals surface area (Å²) in [5, 5.41) is 8.34. The van der Waals surface area contributed by atoms with Gasteiger partial charge in [-0.25, -0.2) is 0 Å². The molecule has 1 N–H and O–H groups in total. The second-order valence-corrected chi connectivity index (χ2v) is 7.20. The van der Waals surface area contributed by atoms with E-state index in [1.54, 1.807) is 0 Å². The number of likely N-dealkylation sites (N-methyl/N-ethyl adjacent to an activating group) is 1. The summed E-state index contributed by atoms with van der Waals surface area (Å²) in [5.41, 5.74) is 3.72. The van der Waals surface area contributed by atoms with Crippen LogP contribution in [0.25, 0.3) is 11.3 Å². The summed E-state index contributed by atoms with van der Waals surface area (Å²) in [6.07, 6.45) is 12.4. The summed E-state index contributed by atoms with van der Waals surface area (Å²) in [7, 11) is 6.43. The van der Waals surface area contributed by atoms with Gasteiger partial charge < -0.3 is 10.2 Å². The van der Waals surface area contributed by atoms with Crippen molar-refractivity contribution in [3.05, 3.63) is 36.3 Å². The van der Waals surface area contributed by atoms with Crippen LogP contribution in [0.4, 0.5) is 0 Å². The Morgan fingerprint density at radius 1 is 1.17 bits per heavy atom. The van der Waals surface area contributed by atoms with Gasteiger partial charge in [-0.2, -0.15) is 5.10 Å². The molecular formula is C19H29N5. The first-order chi connectivity index (χ1) is 11.6. The van der Waals surface area contributed by atoms with Gasteiger partial charge >= 0.3 is 0 Å². The van der Waals surface area contributed by atoms with Crippen molar-refractivity contribution in [2.45, 2.75) is 44.2 Å². The zero-order valence-corrected chi connectivity index (χ0v) is 15.1. The number of aryl methyl sites for hydroxylation is 1. The highest BCUT2D eigenvalue weighted by Gasteiger charge is 2.33. The molecule has 2 aromatic heterocycles. The highest BCUT2D eigenvalue weighted by molar-refractivity contribution is 5.61. The topological polar surface area (TPSA) is 46.0 Å². The van der Waals surface area contributed by atoms with Crippen molar-refractivity contribution in [3.63, 3.8) is 0 Å². The molecule has 5 nitrogen and oxygen atoms in total. The molecular weight excluding hydrogens is 298 g/mol. The fourth-order valence-electron chi connectivity index (χ4n) is 3.84. The van der Waals surface area contributed by atoms with Crippen LogP contribution in [-0.4, -0.2) is 45.8 Å². The lowest BCUT2D eigenvalue weighted by molar-refractivity contribution is 0.0984. The minimum absolute atomic E-state index is 0.303. The average Bonchev–Trinajstić information content (AvgIpc) is 2.97. The van der Waals surface area contributed by atoms with Crippen molar-refractivity contribution in [2.75, 3.05) is 20.6 Å². The summed E-state index contributed by atoms with van der Waals surface area (Å²) < 4.78 is 1.90. The van der Waals surface area contributed by atoms with E-state index in [9.17, 15) is 0 Å². The Morgan fingerprint density at radius 3 is 2.54 bits per heavy atom. The fraction of sp³-hybridized carbons (Fsp3) is 0.579. The highest BCUT2D eigenvalue weighted by atomic mass is 15.3. The van der Waals surface area contributed by atoms with Crippen molar-refractivity contribution in [3.8, 4) is 11.3 Å². The third-order valence-corrected chi connectivity index (χ3v) is 5.36. The standard InChI is InChI=1S/C19H29N5/c1-23(2)19(9-5-4-6-10-19)15-21-13-17-14-24(3)22-18(17)16-7-11-20-12-8-16/h7-8,11-12,14,21H,4-6,9-10,13,15H2,1-3H3. The Hall–Kier alpha value is -1.72. The lowest BCUT2D eigenvalue weighted by Crippen LogP contribution is -2.52. The molecule has 0 aliphatic heterocycles. The first-order valence-corrected chi connectivity index (χ1v) is 8.92. The van der Waals surface area contributed by atoms with Gasteiger partial charge in [-0.15, -0.1) is 0 Å². The molecule has 0 unspecified atom stereocenters. The van der Waals surface area contributed by atoms with E-state index in [0.717, 1.165) is 24.3 Å². The molecule has 24 heavy (non-hydrogen) atoms. The fourth-order valence-corrected chi connectivity index (χ4v) is 3.84. The third kappa shape index (κ3) is 3.68. The number of nitrogens with one attached hydrogen (secondary N) is 1. The maximum Gasteiger partial charge on any atom is 0.0969 e. The van der Waals surface area contributed by atoms with Crippen molar-refractivity contribution in [2.24, 2.45) is 7.05 Å². The maximum absolute atomic E-state index is 4.64. The minimum Gasteiger partial charge on any atom is -0.311 e. The van der Waals surface area contributed by atoms with Crippen LogP contribution < -0.4 is 5.32 Å². The van der Waals surface area contributed by atoms with Gasteiger partial charge in [-0.3, -0.25) is 9.67 Å². The number of hydrogen-bond acceptors (Lipinski definition) is 4. The van der Waals surface area contributed by atoms with Gasteiger partial charge in [-0.05, 0) is 39.1 Å². The van der Waals surface area contributed by atoms with Gasteiger partial charge in [0, 0.05) is 55.4 Å². The van der Waals surface area contributed by atoms with Gasteiger partial charge in [0.15, 0.2) is 0 Å². The van der Waals surface area contributed by atoms with Crippen LogP contribution in [0.3, 0.4) is 0 Å². The number of rotatable bonds is 6. The second kappa shape index (κ2) is 7.45. The normalized spacial score (nSPS) is 17.3. The molecule has 2 heterocycles. The Bertz CT molecular complexity index is 641. The van der Waals surface area contributed by atoms with E-state index >= 15 is 0 Å². The Kier molecular flexibility index (Phi) is 5.31. The molecule has 1 saturated carbocycles. The summed E-state index contributed by atoms with van der Waals surface area (Å²) in [6.45, 7) is 1.88. The number of aromatic nitrogens is 3. The minimum atomic E-state index is 0.303. The van der Waals surface area contributed by atoms with Crippen molar-refractivity contribution >= 4 is 0 Å². The van der Waals surface area contributed by atoms with Crippen LogP contribution in [0, 0.1) is 0 Å². The zero-order chi connectivity index (χ0) is 17.0. The predicted octanol–water partition coefficient (Wildman–Crippen LogP) is 2.84. The molecule has 0 amide bonds. The van der Waals surface area contributed by atoms with Crippen LogP contribution in [0.2, 0.25) is 0 Å². The number of nitrogens with zero attached hydrogens (tertiary/aromatic N) is 4. The molecule has 130 valence electrons. The van der Waals surface area contributed by atoms with Crippen molar-refractivity contribution in [1.29, 1.82) is 0 Å². The van der Waals surface area contributed by atoms with Crippen LogP contribution in [0.5, 0.6) is 0 Å². The molecule has 3 rings (SSSR count). The molecule has 5 heteroatoms. The Labute approximate surface area is 145 Å². The highest BCUT2D eigenvalue weighted by Crippen LogP contribution is 2.31. The SMILES string of the molecule is CN(C)C1(CNCc2cn(C)nc2-c2ccncc2)CCCCC1. The zero-order valence-electron chi connectivity index (χ0n) is 15.1. The van der Waals surface area contributed by atoms with Crippen molar-refractivity contribution < 1.29 is 0 Å². The lowest BCUT2D eigenvalue weighted by atomic mass is 9.80. The summed E-state index contributed by atoms with van der Waals surface area (Å²) >= 11 is 0. The Morgan fingerprint density at radius 2 is 1.88 bits per heavy atom. The lowest BCUT2D eigenvalue weighted by Gasteiger charge is -2.43. The molecule has 1 aliphatic rings. The van der Waals surface area contributed by atoms with E-state index in [1.807, 2.05) is 36.3 Å². The summed E-state index contributed by atoms with van der Waals surface area (Å²) in [6, 6.07) is 4.04. The second-order valence-electron chi connectivity index (χ2n) is 7.20. The Balaban J connectivity index is 1.69. The van der Waals surface area contributed by atoms with Crippen molar-refractivity contribution in [1.82, 2.24) is 25.0 Å². The van der Waals surface area contributed by atoms with Crippen LogP contribution in [-0.2, 0) is 13.6 Å². The summed E-state index contributed by atoms with van der Waals surface area (Å²) in [4.78, 5) is 6.53. The third-order valence-electron chi connectivity index (χ3n) is 5.36. The maximum atomic E-state index is 4.64. The van der Waals surface area contributed by atoms with Gasteiger partial charge in [0.25, 0.3) is 0 Å². The van der Waals surface area contributed by atoms with E-state index in [2.05, 4.69) is 40.6 Å². The molecule has 1 fully saturated rings. The number of hydrogen-bond donors (Lipinski definition) is 1. The van der Waals surface area contributed by atoms with Crippen LogP contribution in [0.1, 0.15) is 37.7 Å². The molecule has 0 atom stereocenters. The van der Waals surface area contributed by atoms with Gasteiger partial charge in [0.05, 0.1) is 5.69 Å².